The Balaban J connectivity index is 1.44. The fraction of sp³-hybridized carbons (Fsp3) is 0.0625. The van der Waals surface area contributed by atoms with Crippen LogP contribution in [0.5, 0.6) is 0 Å². The number of anilines is 4. The summed E-state index contributed by atoms with van der Waals surface area (Å²) >= 11 is 0. The molecule has 5 aromatic carbocycles. The molecule has 0 aromatic heterocycles. The van der Waals surface area contributed by atoms with Gasteiger partial charge in [-0.15, -0.1) is 0 Å². The summed E-state index contributed by atoms with van der Waals surface area (Å²) in [5.74, 6) is 0. The third-order valence-corrected chi connectivity index (χ3v) is 8.46. The molecule has 0 bridgehead atoms. The lowest BCUT2D eigenvalue weighted by molar-refractivity contribution is 1.32. The highest BCUT2D eigenvalue weighted by atomic mass is 31.1. The number of benzene rings is 5. The molecule has 0 heterocycles. The molecule has 2 nitrogen and oxygen atoms in total. The first-order chi connectivity index (χ1) is 17.3. The molecule has 2 N–H and O–H groups in total. The van der Waals surface area contributed by atoms with E-state index < -0.39 is 7.92 Å². The molecule has 0 amide bonds. The highest BCUT2D eigenvalue weighted by Gasteiger charge is 2.17. The van der Waals surface area contributed by atoms with Gasteiger partial charge < -0.3 is 10.6 Å². The topological polar surface area (TPSA) is 24.1 Å². The first-order valence-electron chi connectivity index (χ1n) is 11.9. The molecule has 0 aliphatic heterocycles. The first-order valence-corrected chi connectivity index (χ1v) is 13.7. The van der Waals surface area contributed by atoms with Crippen LogP contribution in [-0.4, -0.2) is 0 Å². The van der Waals surface area contributed by atoms with Gasteiger partial charge >= 0.3 is 0 Å². The van der Waals surface area contributed by atoms with Gasteiger partial charge in [0.2, 0.25) is 0 Å². The fourth-order valence-corrected chi connectivity index (χ4v) is 6.65. The van der Waals surface area contributed by atoms with Gasteiger partial charge in [-0.1, -0.05) is 111 Å². The minimum absolute atomic E-state index is 0.470. The van der Waals surface area contributed by atoms with Gasteiger partial charge in [-0.3, -0.25) is 0 Å². The molecule has 172 valence electrons. The summed E-state index contributed by atoms with van der Waals surface area (Å²) in [6.07, 6.45) is 2.02. The Hall–Kier alpha value is -3.87. The molecule has 5 aromatic rings. The molecular weight excluding hydrogens is 443 g/mol. The Labute approximate surface area is 209 Å². The SMILES string of the molecule is c1ccc(Nc2ccccc2CP(Cc2ccccc2Nc2ccccc2)c2ccccc2)cc1. The van der Waals surface area contributed by atoms with Crippen molar-refractivity contribution in [2.24, 2.45) is 0 Å². The Morgan fingerprint density at radius 3 is 1.23 bits per heavy atom. The third-order valence-electron chi connectivity index (χ3n) is 5.98. The van der Waals surface area contributed by atoms with Gasteiger partial charge in [-0.05, 0) is 65.2 Å². The summed E-state index contributed by atoms with van der Waals surface area (Å²) in [7, 11) is -0.470. The summed E-state index contributed by atoms with van der Waals surface area (Å²) in [4.78, 5) is 0. The Bertz CT molecular complexity index is 1250. The second kappa shape index (κ2) is 11.5. The Kier molecular flexibility index (Phi) is 7.53. The van der Waals surface area contributed by atoms with E-state index in [9.17, 15) is 0 Å². The van der Waals surface area contributed by atoms with Crippen LogP contribution in [0.15, 0.2) is 140 Å². The Morgan fingerprint density at radius 2 is 0.771 bits per heavy atom. The van der Waals surface area contributed by atoms with Crippen molar-refractivity contribution >= 4 is 36.0 Å². The standard InChI is InChI=1S/C32H29N2P/c1-4-16-28(17-5-1)33-31-22-12-10-14-26(31)24-35(30-20-8-3-9-21-30)25-27-15-11-13-23-32(27)34-29-18-6-2-7-19-29/h1-23,33-34H,24-25H2. The maximum absolute atomic E-state index is 3.64. The third kappa shape index (κ3) is 6.18. The molecule has 0 unspecified atom stereocenters. The molecule has 0 fully saturated rings. The fourth-order valence-electron chi connectivity index (χ4n) is 4.20. The van der Waals surface area contributed by atoms with E-state index in [0.29, 0.717) is 0 Å². The van der Waals surface area contributed by atoms with Crippen molar-refractivity contribution in [2.75, 3.05) is 10.6 Å². The normalized spacial score (nSPS) is 10.8. The van der Waals surface area contributed by atoms with Crippen LogP contribution in [0.25, 0.3) is 0 Å². The van der Waals surface area contributed by atoms with Gasteiger partial charge in [-0.25, -0.2) is 0 Å². The van der Waals surface area contributed by atoms with Crippen molar-refractivity contribution < 1.29 is 0 Å². The van der Waals surface area contributed by atoms with Crippen molar-refractivity contribution in [3.8, 4) is 0 Å². The van der Waals surface area contributed by atoms with E-state index >= 15 is 0 Å². The number of hydrogen-bond acceptors (Lipinski definition) is 2. The summed E-state index contributed by atoms with van der Waals surface area (Å²) in [5.41, 5.74) is 7.28. The molecule has 0 saturated carbocycles. The van der Waals surface area contributed by atoms with Crippen LogP contribution < -0.4 is 15.9 Å². The van der Waals surface area contributed by atoms with Gasteiger partial charge in [0.05, 0.1) is 0 Å². The van der Waals surface area contributed by atoms with Gasteiger partial charge in [0.1, 0.15) is 0 Å². The molecule has 0 atom stereocenters. The highest BCUT2D eigenvalue weighted by Crippen LogP contribution is 2.45. The van der Waals surface area contributed by atoms with Crippen molar-refractivity contribution in [3.63, 3.8) is 0 Å². The van der Waals surface area contributed by atoms with E-state index in [0.717, 1.165) is 23.7 Å². The van der Waals surface area contributed by atoms with Gasteiger partial charge in [0.15, 0.2) is 0 Å². The highest BCUT2D eigenvalue weighted by molar-refractivity contribution is 7.64. The first kappa shape index (κ1) is 22.9. The molecule has 0 aliphatic rings. The van der Waals surface area contributed by atoms with Crippen LogP contribution in [0.2, 0.25) is 0 Å². The summed E-state index contributed by atoms with van der Waals surface area (Å²) in [5, 5.41) is 8.69. The van der Waals surface area contributed by atoms with Crippen molar-refractivity contribution in [1.29, 1.82) is 0 Å². The molecule has 0 aliphatic carbocycles. The van der Waals surface area contributed by atoms with E-state index in [1.54, 1.807) is 0 Å². The number of hydrogen-bond donors (Lipinski definition) is 2. The van der Waals surface area contributed by atoms with Crippen LogP contribution in [0.4, 0.5) is 22.7 Å². The quantitative estimate of drug-likeness (QED) is 0.210. The minimum Gasteiger partial charge on any atom is -0.355 e. The van der Waals surface area contributed by atoms with E-state index in [-0.39, 0.29) is 0 Å². The number of nitrogens with one attached hydrogen (secondary N) is 2. The van der Waals surface area contributed by atoms with Gasteiger partial charge in [0, 0.05) is 22.7 Å². The molecule has 3 heteroatoms. The lowest BCUT2D eigenvalue weighted by atomic mass is 10.2. The van der Waals surface area contributed by atoms with Crippen molar-refractivity contribution in [1.82, 2.24) is 0 Å². The van der Waals surface area contributed by atoms with E-state index in [2.05, 4.69) is 138 Å². The van der Waals surface area contributed by atoms with Crippen LogP contribution >= 0.6 is 7.92 Å². The van der Waals surface area contributed by atoms with E-state index in [1.807, 2.05) is 12.1 Å². The van der Waals surface area contributed by atoms with Crippen LogP contribution in [0.1, 0.15) is 11.1 Å². The Morgan fingerprint density at radius 1 is 0.400 bits per heavy atom. The van der Waals surface area contributed by atoms with Crippen LogP contribution in [0.3, 0.4) is 0 Å². The largest absolute Gasteiger partial charge is 0.355 e. The molecule has 0 radical (unpaired) electrons. The minimum atomic E-state index is -0.470. The second-order valence-electron chi connectivity index (χ2n) is 8.49. The summed E-state index contributed by atoms with van der Waals surface area (Å²) < 4.78 is 0. The lowest BCUT2D eigenvalue weighted by Gasteiger charge is -2.22. The summed E-state index contributed by atoms with van der Waals surface area (Å²) in [6, 6.07) is 49.2. The summed E-state index contributed by atoms with van der Waals surface area (Å²) in [6.45, 7) is 0. The molecule has 5 rings (SSSR count). The predicted molar refractivity (Wildman–Crippen MR) is 153 cm³/mol. The maximum Gasteiger partial charge on any atom is 0.0420 e. The van der Waals surface area contributed by atoms with Gasteiger partial charge in [-0.2, -0.15) is 0 Å². The lowest BCUT2D eigenvalue weighted by Crippen LogP contribution is -2.07. The molecule has 0 spiro atoms. The monoisotopic (exact) mass is 472 g/mol. The average molecular weight is 473 g/mol. The molecular formula is C32H29N2P. The molecule has 35 heavy (non-hydrogen) atoms. The average Bonchev–Trinajstić information content (AvgIpc) is 2.92. The zero-order valence-electron chi connectivity index (χ0n) is 19.6. The van der Waals surface area contributed by atoms with Crippen molar-refractivity contribution in [2.45, 2.75) is 12.3 Å². The smallest absolute Gasteiger partial charge is 0.0420 e. The number of para-hydroxylation sites is 4. The predicted octanol–water partition coefficient (Wildman–Crippen LogP) is 8.68. The van der Waals surface area contributed by atoms with Crippen LogP contribution in [-0.2, 0) is 12.3 Å². The van der Waals surface area contributed by atoms with Crippen molar-refractivity contribution in [3.05, 3.63) is 151 Å². The van der Waals surface area contributed by atoms with E-state index in [4.69, 9.17) is 0 Å². The zero-order chi connectivity index (χ0) is 23.7. The zero-order valence-corrected chi connectivity index (χ0v) is 20.5. The molecule has 0 saturated heterocycles. The maximum atomic E-state index is 3.64. The van der Waals surface area contributed by atoms with E-state index in [1.165, 1.54) is 27.8 Å². The second-order valence-corrected chi connectivity index (χ2v) is 10.7. The van der Waals surface area contributed by atoms with Gasteiger partial charge in [0.25, 0.3) is 0 Å². The van der Waals surface area contributed by atoms with Crippen LogP contribution in [0, 0.1) is 0 Å². The number of rotatable bonds is 9.